The highest BCUT2D eigenvalue weighted by molar-refractivity contribution is 7.18. The van der Waals surface area contributed by atoms with E-state index in [4.69, 9.17) is 4.74 Å². The molecule has 0 saturated heterocycles. The number of benzene rings is 2. The quantitative estimate of drug-likeness (QED) is 0.457. The van der Waals surface area contributed by atoms with Crippen LogP contribution in [0.1, 0.15) is 17.5 Å². The first kappa shape index (κ1) is 17.0. The molecule has 0 radical (unpaired) electrons. The number of ether oxygens (including phenoxy) is 1. The van der Waals surface area contributed by atoms with Crippen molar-refractivity contribution < 1.29 is 33.3 Å². The van der Waals surface area contributed by atoms with Crippen molar-refractivity contribution in [3.63, 3.8) is 0 Å². The van der Waals surface area contributed by atoms with Gasteiger partial charge in [0.15, 0.2) is 0 Å². The summed E-state index contributed by atoms with van der Waals surface area (Å²) < 4.78 is 8.86. The fourth-order valence-electron chi connectivity index (χ4n) is 2.39. The number of thiazole rings is 1. The van der Waals surface area contributed by atoms with E-state index >= 15 is 0 Å². The summed E-state index contributed by atoms with van der Waals surface area (Å²) in [4.78, 5) is 0. The molecule has 0 bridgehead atoms. The normalized spacial score (nSPS) is 10.8. The van der Waals surface area contributed by atoms with Crippen molar-refractivity contribution in [1.82, 2.24) is 0 Å². The van der Waals surface area contributed by atoms with Gasteiger partial charge in [0.25, 0.3) is 5.01 Å². The Morgan fingerprint density at radius 2 is 1.77 bits per heavy atom. The van der Waals surface area contributed by atoms with Crippen LogP contribution in [0.25, 0.3) is 22.4 Å². The average Bonchev–Trinajstić information content (AvgIpc) is 2.91. The van der Waals surface area contributed by atoms with Gasteiger partial charge in [-0.15, -0.1) is 0 Å². The summed E-state index contributed by atoms with van der Waals surface area (Å²) in [6, 6.07) is 16.7. The van der Waals surface area contributed by atoms with Crippen LogP contribution in [0.2, 0.25) is 0 Å². The zero-order valence-electron chi connectivity index (χ0n) is 12.6. The highest BCUT2D eigenvalue weighted by atomic mass is 127. The van der Waals surface area contributed by atoms with Crippen LogP contribution < -0.4 is 33.3 Å². The lowest BCUT2D eigenvalue weighted by atomic mass is 10.2. The molecule has 2 nitrogen and oxygen atoms in total. The van der Waals surface area contributed by atoms with Crippen molar-refractivity contribution in [3.8, 4) is 5.75 Å². The van der Waals surface area contributed by atoms with Gasteiger partial charge in [-0.05, 0) is 36.8 Å². The minimum Gasteiger partial charge on any atom is -1.00 e. The van der Waals surface area contributed by atoms with E-state index in [1.807, 2.05) is 23.5 Å². The van der Waals surface area contributed by atoms with Gasteiger partial charge in [0.1, 0.15) is 17.0 Å². The van der Waals surface area contributed by atoms with Crippen LogP contribution in [0, 0.1) is 0 Å². The third-order valence-corrected chi connectivity index (χ3v) is 4.62. The number of hydrogen-bond acceptors (Lipinski definition) is 2. The molecular weight excluding hydrogens is 405 g/mol. The number of fused-ring (bicyclic) bond motifs is 1. The molecule has 114 valence electrons. The second-order valence-corrected chi connectivity index (χ2v) is 5.82. The lowest BCUT2D eigenvalue weighted by Gasteiger charge is -1.98. The summed E-state index contributed by atoms with van der Waals surface area (Å²) in [6.07, 6.45) is 4.34. The van der Waals surface area contributed by atoms with E-state index in [0.29, 0.717) is 0 Å². The Labute approximate surface area is 152 Å². The summed E-state index contributed by atoms with van der Waals surface area (Å²) >= 11 is 1.83. The topological polar surface area (TPSA) is 13.1 Å². The highest BCUT2D eigenvalue weighted by Gasteiger charge is 2.15. The lowest BCUT2D eigenvalue weighted by molar-refractivity contribution is -0.665. The molecule has 0 aliphatic carbocycles. The maximum absolute atomic E-state index is 5.18. The number of rotatable bonds is 4. The second kappa shape index (κ2) is 7.74. The van der Waals surface area contributed by atoms with E-state index in [0.717, 1.165) is 12.3 Å². The van der Waals surface area contributed by atoms with Crippen molar-refractivity contribution >= 4 is 33.7 Å². The Bertz CT molecular complexity index is 777. The van der Waals surface area contributed by atoms with Crippen LogP contribution in [0.15, 0.2) is 48.5 Å². The summed E-state index contributed by atoms with van der Waals surface area (Å²) in [5.41, 5.74) is 2.48. The molecule has 0 aliphatic heterocycles. The van der Waals surface area contributed by atoms with Gasteiger partial charge in [-0.2, -0.15) is 4.57 Å². The van der Waals surface area contributed by atoms with Crippen LogP contribution in [-0.4, -0.2) is 7.11 Å². The van der Waals surface area contributed by atoms with Crippen LogP contribution in [-0.2, 0) is 6.54 Å². The molecule has 1 aromatic heterocycles. The predicted molar refractivity (Wildman–Crippen MR) is 89.6 cm³/mol. The smallest absolute Gasteiger partial charge is 0.262 e. The maximum atomic E-state index is 5.18. The molecule has 0 atom stereocenters. The molecule has 0 spiro atoms. The second-order valence-electron chi connectivity index (χ2n) is 4.76. The van der Waals surface area contributed by atoms with Crippen molar-refractivity contribution in [2.45, 2.75) is 13.5 Å². The van der Waals surface area contributed by atoms with Crippen molar-refractivity contribution in [2.24, 2.45) is 0 Å². The van der Waals surface area contributed by atoms with Crippen molar-refractivity contribution in [2.75, 3.05) is 7.11 Å². The third-order valence-electron chi connectivity index (χ3n) is 3.49. The predicted octanol–water partition coefficient (Wildman–Crippen LogP) is 1.39. The molecule has 0 saturated carbocycles. The van der Waals surface area contributed by atoms with Gasteiger partial charge in [-0.3, -0.25) is 0 Å². The van der Waals surface area contributed by atoms with Gasteiger partial charge in [0.2, 0.25) is 5.52 Å². The number of aromatic nitrogens is 1. The molecule has 0 unspecified atom stereocenters. The van der Waals surface area contributed by atoms with Gasteiger partial charge >= 0.3 is 0 Å². The van der Waals surface area contributed by atoms with Crippen LogP contribution in [0.3, 0.4) is 0 Å². The molecule has 22 heavy (non-hydrogen) atoms. The van der Waals surface area contributed by atoms with E-state index in [2.05, 4.69) is 60.0 Å². The molecule has 0 aliphatic rings. The minimum absolute atomic E-state index is 0. The summed E-state index contributed by atoms with van der Waals surface area (Å²) in [5.74, 6) is 0.887. The fourth-order valence-corrected chi connectivity index (χ4v) is 3.51. The Balaban J connectivity index is 0.00000176. The molecule has 0 fully saturated rings. The van der Waals surface area contributed by atoms with E-state index in [-0.39, 0.29) is 24.0 Å². The van der Waals surface area contributed by atoms with Crippen molar-refractivity contribution in [1.29, 1.82) is 0 Å². The molecule has 4 heteroatoms. The van der Waals surface area contributed by atoms with Gasteiger partial charge in [-0.25, -0.2) is 0 Å². The maximum Gasteiger partial charge on any atom is 0.262 e. The number of aryl methyl sites for hydroxylation is 1. The summed E-state index contributed by atoms with van der Waals surface area (Å²) in [5, 5.41) is 1.27. The van der Waals surface area contributed by atoms with E-state index in [1.165, 1.54) is 20.8 Å². The highest BCUT2D eigenvalue weighted by Crippen LogP contribution is 2.22. The van der Waals surface area contributed by atoms with Crippen LogP contribution in [0.4, 0.5) is 0 Å². The SMILES string of the molecule is CC[n+]1c(/C=C/c2ccc(OC)cc2)sc2ccccc21.[I-]. The summed E-state index contributed by atoms with van der Waals surface area (Å²) in [7, 11) is 1.69. The van der Waals surface area contributed by atoms with E-state index in [9.17, 15) is 0 Å². The Morgan fingerprint density at radius 1 is 1.05 bits per heavy atom. The van der Waals surface area contributed by atoms with Crippen LogP contribution in [0.5, 0.6) is 5.75 Å². The molecule has 3 rings (SSSR count). The van der Waals surface area contributed by atoms with Gasteiger partial charge in [-0.1, -0.05) is 35.6 Å². The number of para-hydroxylation sites is 1. The first-order valence-corrected chi connectivity index (χ1v) is 7.87. The largest absolute Gasteiger partial charge is 1.00 e. The average molecular weight is 423 g/mol. The number of nitrogens with zero attached hydrogens (tertiary/aromatic N) is 1. The van der Waals surface area contributed by atoms with E-state index < -0.39 is 0 Å². The monoisotopic (exact) mass is 423 g/mol. The fraction of sp³-hybridized carbons (Fsp3) is 0.167. The van der Waals surface area contributed by atoms with Crippen molar-refractivity contribution in [3.05, 3.63) is 59.1 Å². The lowest BCUT2D eigenvalue weighted by Crippen LogP contribution is -3.00. The number of methoxy groups -OCH3 is 1. The molecule has 2 aromatic carbocycles. The van der Waals surface area contributed by atoms with E-state index in [1.54, 1.807) is 7.11 Å². The zero-order valence-corrected chi connectivity index (χ0v) is 15.6. The molecular formula is C18H18INOS. The third kappa shape index (κ3) is 3.50. The van der Waals surface area contributed by atoms with Crippen LogP contribution >= 0.6 is 11.3 Å². The van der Waals surface area contributed by atoms with Gasteiger partial charge in [0.05, 0.1) is 7.11 Å². The van der Waals surface area contributed by atoms with Gasteiger partial charge in [0, 0.05) is 12.1 Å². The minimum atomic E-state index is 0. The van der Waals surface area contributed by atoms with Gasteiger partial charge < -0.3 is 28.7 Å². The molecule has 3 aromatic rings. The summed E-state index contributed by atoms with van der Waals surface area (Å²) in [6.45, 7) is 3.16. The Morgan fingerprint density at radius 3 is 2.45 bits per heavy atom. The first-order chi connectivity index (χ1) is 10.3. The molecule has 0 amide bonds. The zero-order chi connectivity index (χ0) is 14.7. The molecule has 0 N–H and O–H groups in total. The Kier molecular flexibility index (Phi) is 5.97. The number of halogens is 1. The standard InChI is InChI=1S/C18H18NOS.HI/c1-3-19-16-6-4-5-7-17(16)21-18(19)13-10-14-8-11-15(20-2)12-9-14;/h4-13H,3H2,1-2H3;1H/q+1;/p-1/b13-10+;. The first-order valence-electron chi connectivity index (χ1n) is 7.05. The number of hydrogen-bond donors (Lipinski definition) is 0. The molecule has 1 heterocycles. The Hall–Kier alpha value is -1.40.